The molecular formula is C11H6Cl3NO2. The van der Waals surface area contributed by atoms with Gasteiger partial charge in [-0.25, -0.2) is 4.90 Å². The van der Waals surface area contributed by atoms with Crippen molar-refractivity contribution in [1.29, 1.82) is 0 Å². The first-order valence-electron chi connectivity index (χ1n) is 4.63. The molecule has 1 aromatic carbocycles. The first-order chi connectivity index (χ1) is 7.91. The van der Waals surface area contributed by atoms with E-state index in [-0.39, 0.29) is 20.8 Å². The topological polar surface area (TPSA) is 37.4 Å². The van der Waals surface area contributed by atoms with Gasteiger partial charge in [0.1, 0.15) is 0 Å². The lowest BCUT2D eigenvalue weighted by atomic mass is 10.2. The van der Waals surface area contributed by atoms with E-state index in [0.29, 0.717) is 5.57 Å². The van der Waals surface area contributed by atoms with Gasteiger partial charge in [-0.05, 0) is 19.1 Å². The highest BCUT2D eigenvalue weighted by Gasteiger charge is 2.31. The Hall–Kier alpha value is -1.03. The van der Waals surface area contributed by atoms with Crippen molar-refractivity contribution in [2.45, 2.75) is 6.92 Å². The molecule has 2 amide bonds. The van der Waals surface area contributed by atoms with Gasteiger partial charge in [0.25, 0.3) is 11.8 Å². The third kappa shape index (κ3) is 2.06. The van der Waals surface area contributed by atoms with Gasteiger partial charge < -0.3 is 0 Å². The summed E-state index contributed by atoms with van der Waals surface area (Å²) in [5, 5.41) is 0.699. The van der Waals surface area contributed by atoms with Gasteiger partial charge in [0.2, 0.25) is 0 Å². The number of rotatable bonds is 1. The van der Waals surface area contributed by atoms with Crippen LogP contribution in [-0.4, -0.2) is 11.8 Å². The third-order valence-electron chi connectivity index (χ3n) is 2.33. The Bertz CT molecular complexity index is 566. The molecule has 0 unspecified atom stereocenters. The lowest BCUT2D eigenvalue weighted by Gasteiger charge is -2.16. The molecule has 0 N–H and O–H groups in total. The fraction of sp³-hybridized carbons (Fsp3) is 0.0909. The molecule has 1 heterocycles. The van der Waals surface area contributed by atoms with Crippen LogP contribution in [0.5, 0.6) is 0 Å². The van der Waals surface area contributed by atoms with Crippen LogP contribution in [0.2, 0.25) is 15.1 Å². The van der Waals surface area contributed by atoms with Crippen molar-refractivity contribution in [2.24, 2.45) is 0 Å². The number of nitrogens with zero attached hydrogens (tertiary/aromatic N) is 1. The summed E-state index contributed by atoms with van der Waals surface area (Å²) in [6.07, 6.45) is 1.25. The molecule has 1 aliphatic rings. The molecule has 6 heteroatoms. The second-order valence-corrected chi connectivity index (χ2v) is 4.75. The zero-order valence-electron chi connectivity index (χ0n) is 8.63. The minimum absolute atomic E-state index is 0.198. The van der Waals surface area contributed by atoms with E-state index >= 15 is 0 Å². The molecule has 0 aromatic heterocycles. The van der Waals surface area contributed by atoms with Crippen LogP contribution in [-0.2, 0) is 9.59 Å². The Morgan fingerprint density at radius 2 is 1.59 bits per heavy atom. The summed E-state index contributed by atoms with van der Waals surface area (Å²) in [5.74, 6) is -0.844. The highest BCUT2D eigenvalue weighted by Crippen LogP contribution is 2.36. The zero-order valence-corrected chi connectivity index (χ0v) is 10.9. The standard InChI is InChI=1S/C11H6Cl3NO2/c1-5-2-10(16)15(11(5)17)9-4-7(13)6(12)3-8(9)14/h2-4H,1H3. The summed E-state index contributed by atoms with van der Waals surface area (Å²) >= 11 is 17.6. The Labute approximate surface area is 113 Å². The average molecular weight is 291 g/mol. The molecule has 1 aliphatic heterocycles. The monoisotopic (exact) mass is 289 g/mol. The smallest absolute Gasteiger partial charge is 0.261 e. The quantitative estimate of drug-likeness (QED) is 0.587. The van der Waals surface area contributed by atoms with Gasteiger partial charge in [-0.2, -0.15) is 0 Å². The Morgan fingerprint density at radius 1 is 1.00 bits per heavy atom. The van der Waals surface area contributed by atoms with Crippen molar-refractivity contribution < 1.29 is 9.59 Å². The summed E-state index contributed by atoms with van der Waals surface area (Å²) in [6, 6.07) is 2.80. The normalized spacial score (nSPS) is 15.5. The SMILES string of the molecule is CC1=CC(=O)N(c2cc(Cl)c(Cl)cc2Cl)C1=O. The number of benzene rings is 1. The second kappa shape index (κ2) is 4.33. The van der Waals surface area contributed by atoms with Crippen LogP contribution < -0.4 is 4.90 Å². The molecule has 1 aromatic rings. The molecule has 3 nitrogen and oxygen atoms in total. The fourth-order valence-electron chi connectivity index (χ4n) is 1.50. The number of hydrogen-bond acceptors (Lipinski definition) is 2. The molecule has 0 saturated heterocycles. The summed E-state index contributed by atoms with van der Waals surface area (Å²) in [5.41, 5.74) is 0.598. The molecule has 2 rings (SSSR count). The van der Waals surface area contributed by atoms with Gasteiger partial charge in [0.15, 0.2) is 0 Å². The second-order valence-electron chi connectivity index (χ2n) is 3.52. The van der Waals surface area contributed by atoms with E-state index in [0.717, 1.165) is 4.90 Å². The average Bonchev–Trinajstić information content (AvgIpc) is 2.48. The predicted octanol–water partition coefficient (Wildman–Crippen LogP) is 3.47. The first-order valence-corrected chi connectivity index (χ1v) is 5.76. The molecular weight excluding hydrogens is 284 g/mol. The van der Waals surface area contributed by atoms with Crippen molar-refractivity contribution in [1.82, 2.24) is 0 Å². The minimum Gasteiger partial charge on any atom is -0.269 e. The van der Waals surface area contributed by atoms with Crippen LogP contribution >= 0.6 is 34.8 Å². The van der Waals surface area contributed by atoms with E-state index in [4.69, 9.17) is 34.8 Å². The zero-order chi connectivity index (χ0) is 12.7. The van der Waals surface area contributed by atoms with E-state index < -0.39 is 11.8 Å². The van der Waals surface area contributed by atoms with Crippen molar-refractivity contribution in [3.63, 3.8) is 0 Å². The number of imide groups is 1. The van der Waals surface area contributed by atoms with Gasteiger partial charge in [-0.1, -0.05) is 34.8 Å². The number of carbonyl (C=O) groups excluding carboxylic acids is 2. The van der Waals surface area contributed by atoms with E-state index in [2.05, 4.69) is 0 Å². The van der Waals surface area contributed by atoms with E-state index in [1.807, 2.05) is 0 Å². The summed E-state index contributed by atoms with van der Waals surface area (Å²) in [6.45, 7) is 1.56. The van der Waals surface area contributed by atoms with E-state index in [9.17, 15) is 9.59 Å². The van der Waals surface area contributed by atoms with Crippen molar-refractivity contribution >= 4 is 52.3 Å². The van der Waals surface area contributed by atoms with Gasteiger partial charge >= 0.3 is 0 Å². The van der Waals surface area contributed by atoms with Crippen LogP contribution in [0, 0.1) is 0 Å². The van der Waals surface area contributed by atoms with Gasteiger partial charge in [-0.3, -0.25) is 9.59 Å². The highest BCUT2D eigenvalue weighted by atomic mass is 35.5. The van der Waals surface area contributed by atoms with Crippen LogP contribution in [0.15, 0.2) is 23.8 Å². The minimum atomic E-state index is -0.437. The lowest BCUT2D eigenvalue weighted by molar-refractivity contribution is -0.120. The highest BCUT2D eigenvalue weighted by molar-refractivity contribution is 6.45. The molecule has 88 valence electrons. The van der Waals surface area contributed by atoms with Crippen molar-refractivity contribution in [3.8, 4) is 0 Å². The van der Waals surface area contributed by atoms with E-state index in [1.54, 1.807) is 6.92 Å². The van der Waals surface area contributed by atoms with Gasteiger partial charge in [-0.15, -0.1) is 0 Å². The molecule has 17 heavy (non-hydrogen) atoms. The van der Waals surface area contributed by atoms with Gasteiger partial charge in [0.05, 0.1) is 20.8 Å². The summed E-state index contributed by atoms with van der Waals surface area (Å²) < 4.78 is 0. The number of carbonyl (C=O) groups is 2. The number of halogens is 3. The predicted molar refractivity (Wildman–Crippen MR) is 67.7 cm³/mol. The maximum absolute atomic E-state index is 11.8. The molecule has 0 atom stereocenters. The first kappa shape index (κ1) is 12.4. The van der Waals surface area contributed by atoms with Crippen LogP contribution in [0.4, 0.5) is 5.69 Å². The van der Waals surface area contributed by atoms with E-state index in [1.165, 1.54) is 18.2 Å². The number of amides is 2. The van der Waals surface area contributed by atoms with Crippen LogP contribution in [0.3, 0.4) is 0 Å². The summed E-state index contributed by atoms with van der Waals surface area (Å²) in [4.78, 5) is 24.4. The Morgan fingerprint density at radius 3 is 2.12 bits per heavy atom. The molecule has 0 spiro atoms. The Kier molecular flexibility index (Phi) is 3.17. The largest absolute Gasteiger partial charge is 0.269 e. The number of hydrogen-bond donors (Lipinski definition) is 0. The fourth-order valence-corrected chi connectivity index (χ4v) is 2.13. The maximum atomic E-state index is 11.8. The summed E-state index contributed by atoms with van der Waals surface area (Å²) in [7, 11) is 0. The van der Waals surface area contributed by atoms with Crippen LogP contribution in [0.1, 0.15) is 6.92 Å². The number of anilines is 1. The molecule has 0 radical (unpaired) electrons. The molecule has 0 saturated carbocycles. The molecule has 0 bridgehead atoms. The maximum Gasteiger partial charge on any atom is 0.261 e. The van der Waals surface area contributed by atoms with Crippen molar-refractivity contribution in [3.05, 3.63) is 38.8 Å². The van der Waals surface area contributed by atoms with Gasteiger partial charge in [0, 0.05) is 11.6 Å². The molecule has 0 aliphatic carbocycles. The van der Waals surface area contributed by atoms with Crippen molar-refractivity contribution in [2.75, 3.05) is 4.90 Å². The molecule has 0 fully saturated rings. The van der Waals surface area contributed by atoms with Crippen LogP contribution in [0.25, 0.3) is 0 Å². The lowest BCUT2D eigenvalue weighted by Crippen LogP contribution is -2.30. The Balaban J connectivity index is 2.53. The third-order valence-corrected chi connectivity index (χ3v) is 3.36.